The molecule has 1 aromatic carbocycles. The number of rotatable bonds is 6. The molecule has 2 heterocycles. The van der Waals surface area contributed by atoms with Gasteiger partial charge in [0.2, 0.25) is 0 Å². The van der Waals surface area contributed by atoms with Crippen molar-refractivity contribution in [2.24, 2.45) is 0 Å². The summed E-state index contributed by atoms with van der Waals surface area (Å²) < 4.78 is 18.9. The third-order valence-electron chi connectivity index (χ3n) is 4.67. The van der Waals surface area contributed by atoms with E-state index in [9.17, 15) is 9.18 Å². The van der Waals surface area contributed by atoms with Gasteiger partial charge in [-0.25, -0.2) is 14.4 Å². The van der Waals surface area contributed by atoms with Gasteiger partial charge in [0, 0.05) is 31.4 Å². The molecule has 0 bridgehead atoms. The summed E-state index contributed by atoms with van der Waals surface area (Å²) >= 11 is 0. The van der Waals surface area contributed by atoms with Crippen LogP contribution in [0.2, 0.25) is 0 Å². The number of nitrogens with two attached hydrogens (primary N) is 1. The molecular weight excluding hydrogens is 349 g/mol. The highest BCUT2D eigenvalue weighted by Gasteiger charge is 2.32. The lowest BCUT2D eigenvalue weighted by atomic mass is 10.2. The molecule has 1 fully saturated rings. The smallest absolute Gasteiger partial charge is 0.263 e. The monoisotopic (exact) mass is 373 g/mol. The van der Waals surface area contributed by atoms with Crippen LogP contribution in [0.1, 0.15) is 19.2 Å². The van der Waals surface area contributed by atoms with E-state index in [4.69, 9.17) is 10.5 Å². The Morgan fingerprint density at radius 3 is 3.04 bits per heavy atom. The summed E-state index contributed by atoms with van der Waals surface area (Å²) in [4.78, 5) is 25.0. The number of carbonyl (C=O) groups is 1. The van der Waals surface area contributed by atoms with Gasteiger partial charge in [-0.05, 0) is 38.6 Å². The number of likely N-dealkylation sites (tertiary alicyclic amines) is 1. The van der Waals surface area contributed by atoms with Crippen LogP contribution in [0.3, 0.4) is 0 Å². The van der Waals surface area contributed by atoms with E-state index in [-0.39, 0.29) is 11.9 Å². The first-order valence-electron chi connectivity index (χ1n) is 8.91. The van der Waals surface area contributed by atoms with Gasteiger partial charge >= 0.3 is 0 Å². The summed E-state index contributed by atoms with van der Waals surface area (Å²) in [5, 5.41) is 0. The number of aromatic nitrogens is 2. The van der Waals surface area contributed by atoms with Crippen molar-refractivity contribution in [3.05, 3.63) is 48.2 Å². The fourth-order valence-electron chi connectivity index (χ4n) is 3.20. The highest BCUT2D eigenvalue weighted by atomic mass is 19.1. The van der Waals surface area contributed by atoms with Crippen molar-refractivity contribution >= 4 is 11.7 Å². The highest BCUT2D eigenvalue weighted by molar-refractivity contribution is 5.81. The molecule has 1 aromatic heterocycles. The Morgan fingerprint density at radius 1 is 1.48 bits per heavy atom. The number of likely N-dealkylation sites (N-methyl/N-ethyl adjacent to an activating group) is 1. The van der Waals surface area contributed by atoms with E-state index in [1.807, 2.05) is 7.05 Å². The van der Waals surface area contributed by atoms with E-state index in [2.05, 4.69) is 14.9 Å². The number of nitrogens with zero attached hydrogens (tertiary/aromatic N) is 4. The van der Waals surface area contributed by atoms with E-state index in [1.165, 1.54) is 12.1 Å². The van der Waals surface area contributed by atoms with Gasteiger partial charge in [-0.2, -0.15) is 0 Å². The molecule has 7 nitrogen and oxygen atoms in total. The number of anilines is 1. The second-order valence-corrected chi connectivity index (χ2v) is 6.76. The average molecular weight is 373 g/mol. The zero-order valence-corrected chi connectivity index (χ0v) is 15.5. The number of nitrogen functional groups attached to an aromatic ring is 1. The number of ether oxygens (including phenoxy) is 1. The Labute approximate surface area is 158 Å². The summed E-state index contributed by atoms with van der Waals surface area (Å²) in [6.07, 6.45) is 1.83. The van der Waals surface area contributed by atoms with Crippen LogP contribution < -0.4 is 10.5 Å². The minimum Gasteiger partial charge on any atom is -0.481 e. The molecule has 2 atom stereocenters. The number of amides is 1. The Hall–Kier alpha value is -2.74. The minimum absolute atomic E-state index is 0.102. The topological polar surface area (TPSA) is 84.6 Å². The van der Waals surface area contributed by atoms with Crippen molar-refractivity contribution in [3.63, 3.8) is 0 Å². The van der Waals surface area contributed by atoms with E-state index in [0.717, 1.165) is 6.42 Å². The Kier molecular flexibility index (Phi) is 5.85. The summed E-state index contributed by atoms with van der Waals surface area (Å²) in [6.45, 7) is 3.51. The molecule has 8 heteroatoms. The Morgan fingerprint density at radius 2 is 2.30 bits per heavy atom. The van der Waals surface area contributed by atoms with Gasteiger partial charge in [-0.1, -0.05) is 6.07 Å². The molecule has 144 valence electrons. The van der Waals surface area contributed by atoms with Crippen LogP contribution in [0, 0.1) is 5.82 Å². The van der Waals surface area contributed by atoms with Gasteiger partial charge in [0.1, 0.15) is 23.2 Å². The normalized spacial score (nSPS) is 17.9. The van der Waals surface area contributed by atoms with Gasteiger partial charge in [0.05, 0.1) is 6.54 Å². The molecule has 0 radical (unpaired) electrons. The average Bonchev–Trinajstić information content (AvgIpc) is 3.11. The minimum atomic E-state index is -0.673. The first-order valence-corrected chi connectivity index (χ1v) is 8.91. The van der Waals surface area contributed by atoms with Crippen molar-refractivity contribution < 1.29 is 13.9 Å². The lowest BCUT2D eigenvalue weighted by Crippen LogP contribution is -2.41. The largest absolute Gasteiger partial charge is 0.481 e. The number of hydrogen-bond acceptors (Lipinski definition) is 6. The van der Waals surface area contributed by atoms with Gasteiger partial charge in [0.25, 0.3) is 5.91 Å². The van der Waals surface area contributed by atoms with Gasteiger partial charge in [-0.15, -0.1) is 0 Å². The molecule has 1 aliphatic heterocycles. The molecule has 3 rings (SSSR count). The maximum atomic E-state index is 13.3. The zero-order valence-electron chi connectivity index (χ0n) is 15.5. The maximum absolute atomic E-state index is 13.3. The van der Waals surface area contributed by atoms with Crippen molar-refractivity contribution in [3.8, 4) is 5.75 Å². The van der Waals surface area contributed by atoms with Crippen LogP contribution in [0.4, 0.5) is 10.2 Å². The molecule has 1 saturated heterocycles. The second kappa shape index (κ2) is 8.30. The summed E-state index contributed by atoms with van der Waals surface area (Å²) in [7, 11) is 1.98. The number of carbonyl (C=O) groups excluding carboxylic acids is 1. The van der Waals surface area contributed by atoms with Crippen molar-refractivity contribution in [1.29, 1.82) is 0 Å². The summed E-state index contributed by atoms with van der Waals surface area (Å²) in [5.74, 6) is 0.960. The first-order chi connectivity index (χ1) is 12.9. The third-order valence-corrected chi connectivity index (χ3v) is 4.67. The van der Waals surface area contributed by atoms with Crippen LogP contribution >= 0.6 is 0 Å². The van der Waals surface area contributed by atoms with Gasteiger partial charge in [-0.3, -0.25) is 9.69 Å². The zero-order chi connectivity index (χ0) is 19.4. The molecular formula is C19H24FN5O2. The molecule has 2 aromatic rings. The molecule has 0 aliphatic carbocycles. The summed E-state index contributed by atoms with van der Waals surface area (Å²) in [6, 6.07) is 7.67. The molecule has 1 aliphatic rings. The first kappa shape index (κ1) is 19.0. The fraction of sp³-hybridized carbons (Fsp3) is 0.421. The standard InChI is InChI=1S/C19H24FN5O2/c1-13(27-16-5-3-4-14(20)10-16)19(26)25-9-7-15(11-25)24(2)12-18-22-8-6-17(21)23-18/h3-6,8,10,13,15H,7,9,11-12H2,1-2H3,(H2,21,22,23)/t13-,15+/m0/s1. The van der Waals surface area contributed by atoms with Gasteiger partial charge in [0.15, 0.2) is 6.10 Å². The SMILES string of the molecule is C[C@H](Oc1cccc(F)c1)C(=O)N1CC[C@@H](N(C)Cc2nccc(N)n2)C1. The van der Waals surface area contributed by atoms with Crippen LogP contribution in [-0.2, 0) is 11.3 Å². The molecule has 0 unspecified atom stereocenters. The number of benzene rings is 1. The van der Waals surface area contributed by atoms with E-state index < -0.39 is 11.9 Å². The van der Waals surface area contributed by atoms with Crippen molar-refractivity contribution in [2.45, 2.75) is 32.0 Å². The predicted molar refractivity (Wildman–Crippen MR) is 99.4 cm³/mol. The Bertz CT molecular complexity index is 803. The fourth-order valence-corrected chi connectivity index (χ4v) is 3.20. The lowest BCUT2D eigenvalue weighted by Gasteiger charge is -2.25. The van der Waals surface area contributed by atoms with E-state index >= 15 is 0 Å². The van der Waals surface area contributed by atoms with Crippen LogP contribution in [-0.4, -0.2) is 58.0 Å². The highest BCUT2D eigenvalue weighted by Crippen LogP contribution is 2.19. The van der Waals surface area contributed by atoms with E-state index in [1.54, 1.807) is 36.2 Å². The summed E-state index contributed by atoms with van der Waals surface area (Å²) in [5.41, 5.74) is 5.70. The number of hydrogen-bond donors (Lipinski definition) is 1. The quantitative estimate of drug-likeness (QED) is 0.830. The maximum Gasteiger partial charge on any atom is 0.263 e. The number of halogens is 1. The molecule has 27 heavy (non-hydrogen) atoms. The van der Waals surface area contributed by atoms with Crippen LogP contribution in [0.15, 0.2) is 36.5 Å². The second-order valence-electron chi connectivity index (χ2n) is 6.76. The van der Waals surface area contributed by atoms with Crippen molar-refractivity contribution in [1.82, 2.24) is 19.8 Å². The molecule has 0 spiro atoms. The molecule has 1 amide bonds. The molecule has 2 N–H and O–H groups in total. The third kappa shape index (κ3) is 4.91. The Balaban J connectivity index is 1.54. The predicted octanol–water partition coefficient (Wildman–Crippen LogP) is 1.70. The van der Waals surface area contributed by atoms with Gasteiger partial charge < -0.3 is 15.4 Å². The van der Waals surface area contributed by atoms with Crippen molar-refractivity contribution in [2.75, 3.05) is 25.9 Å². The molecule has 0 saturated carbocycles. The van der Waals surface area contributed by atoms with Crippen LogP contribution in [0.5, 0.6) is 5.75 Å². The lowest BCUT2D eigenvalue weighted by molar-refractivity contribution is -0.137. The van der Waals surface area contributed by atoms with E-state index in [0.29, 0.717) is 37.0 Å². The van der Waals surface area contributed by atoms with Crippen LogP contribution in [0.25, 0.3) is 0 Å².